The van der Waals surface area contributed by atoms with Crippen molar-refractivity contribution >= 4 is 47.2 Å². The third-order valence-electron chi connectivity index (χ3n) is 3.87. The topological polar surface area (TPSA) is 66.0 Å². The van der Waals surface area contributed by atoms with Crippen LogP contribution in [0.2, 0.25) is 0 Å². The minimum Gasteiger partial charge on any atom is -0.497 e. The van der Waals surface area contributed by atoms with Crippen molar-refractivity contribution in [1.82, 2.24) is 15.5 Å². The molecular weight excluding hydrogens is 475 g/mol. The zero-order chi connectivity index (χ0) is 18.8. The Labute approximate surface area is 182 Å². The molecule has 0 aliphatic heterocycles. The molecule has 0 saturated heterocycles. The lowest BCUT2D eigenvalue weighted by molar-refractivity contribution is 0.0954. The number of hydrogen-bond donors (Lipinski definition) is 2. The molecule has 0 radical (unpaired) electrons. The Kier molecular flexibility index (Phi) is 10.8. The Balaban J connectivity index is 0.00000364. The first-order valence-corrected chi connectivity index (χ1v) is 9.38. The van der Waals surface area contributed by atoms with Crippen molar-refractivity contribution in [3.05, 3.63) is 52.2 Å². The number of nitrogens with zero attached hydrogens (tertiary/aromatic N) is 2. The number of aliphatic imine (C=N–C) groups is 1. The predicted molar refractivity (Wildman–Crippen MR) is 123 cm³/mol. The van der Waals surface area contributed by atoms with Crippen molar-refractivity contribution < 1.29 is 9.53 Å². The van der Waals surface area contributed by atoms with E-state index in [0.717, 1.165) is 18.9 Å². The summed E-state index contributed by atoms with van der Waals surface area (Å²) in [5, 5.41) is 8.25. The summed E-state index contributed by atoms with van der Waals surface area (Å²) in [6, 6.07) is 11.3. The van der Waals surface area contributed by atoms with E-state index in [1.54, 1.807) is 43.7 Å². The summed E-state index contributed by atoms with van der Waals surface area (Å²) in [6.07, 6.45) is 0.988. The fraction of sp³-hybridized carbons (Fsp3) is 0.368. The monoisotopic (exact) mass is 502 g/mol. The summed E-state index contributed by atoms with van der Waals surface area (Å²) in [7, 11) is 5.36. The van der Waals surface area contributed by atoms with Crippen LogP contribution in [0.1, 0.15) is 15.2 Å². The van der Waals surface area contributed by atoms with E-state index in [0.29, 0.717) is 24.4 Å². The summed E-state index contributed by atoms with van der Waals surface area (Å²) < 4.78 is 5.14. The second kappa shape index (κ2) is 12.6. The SMILES string of the molecule is CN=C(NCCNC(=O)c1cccc(OC)c1)N(C)CCc1cccs1.I. The number of thiophene rings is 1. The van der Waals surface area contributed by atoms with Crippen LogP contribution in [0.5, 0.6) is 5.75 Å². The minimum atomic E-state index is -0.119. The third-order valence-corrected chi connectivity index (χ3v) is 4.81. The Bertz CT molecular complexity index is 722. The van der Waals surface area contributed by atoms with E-state index in [2.05, 4.69) is 38.0 Å². The van der Waals surface area contributed by atoms with E-state index >= 15 is 0 Å². The molecule has 0 bridgehead atoms. The van der Waals surface area contributed by atoms with Crippen molar-refractivity contribution in [2.75, 3.05) is 40.8 Å². The van der Waals surface area contributed by atoms with Crippen LogP contribution in [0, 0.1) is 0 Å². The minimum absolute atomic E-state index is 0. The van der Waals surface area contributed by atoms with Gasteiger partial charge in [0.1, 0.15) is 5.75 Å². The van der Waals surface area contributed by atoms with Gasteiger partial charge in [-0.1, -0.05) is 12.1 Å². The van der Waals surface area contributed by atoms with Crippen molar-refractivity contribution in [3.63, 3.8) is 0 Å². The van der Waals surface area contributed by atoms with Gasteiger partial charge >= 0.3 is 0 Å². The molecule has 6 nitrogen and oxygen atoms in total. The Morgan fingerprint density at radius 2 is 2.00 bits per heavy atom. The van der Waals surface area contributed by atoms with Gasteiger partial charge in [0, 0.05) is 44.2 Å². The maximum absolute atomic E-state index is 12.2. The van der Waals surface area contributed by atoms with Crippen LogP contribution in [-0.4, -0.2) is 57.6 Å². The van der Waals surface area contributed by atoms with E-state index < -0.39 is 0 Å². The molecule has 0 aliphatic rings. The van der Waals surface area contributed by atoms with Crippen LogP contribution in [0.15, 0.2) is 46.8 Å². The molecule has 1 aromatic heterocycles. The van der Waals surface area contributed by atoms with Gasteiger partial charge in [0.25, 0.3) is 5.91 Å². The van der Waals surface area contributed by atoms with Crippen molar-refractivity contribution in [2.24, 2.45) is 4.99 Å². The standard InChI is InChI=1S/C19H26N4O2S.HI/c1-20-19(23(2)12-9-17-8-5-13-26-17)22-11-10-21-18(24)15-6-4-7-16(14-15)25-3;/h4-8,13-14H,9-12H2,1-3H3,(H,20,22)(H,21,24);1H. The van der Waals surface area contributed by atoms with Crippen LogP contribution in [0.25, 0.3) is 0 Å². The average Bonchev–Trinajstić information content (AvgIpc) is 3.19. The number of benzene rings is 1. The van der Waals surface area contributed by atoms with Gasteiger partial charge in [-0.05, 0) is 36.1 Å². The molecule has 8 heteroatoms. The molecule has 2 N–H and O–H groups in total. The number of carbonyl (C=O) groups is 1. The predicted octanol–water partition coefficient (Wildman–Crippen LogP) is 2.85. The molecule has 0 fully saturated rings. The first kappa shape index (κ1) is 23.2. The van der Waals surface area contributed by atoms with Gasteiger partial charge in [0.05, 0.1) is 7.11 Å². The van der Waals surface area contributed by atoms with Gasteiger partial charge in [0.15, 0.2) is 5.96 Å². The molecular formula is C19H27IN4O2S. The van der Waals surface area contributed by atoms with Crippen LogP contribution in [-0.2, 0) is 6.42 Å². The summed E-state index contributed by atoms with van der Waals surface area (Å²) in [6.45, 7) is 2.00. The van der Waals surface area contributed by atoms with Crippen molar-refractivity contribution in [2.45, 2.75) is 6.42 Å². The van der Waals surface area contributed by atoms with Crippen LogP contribution in [0.3, 0.4) is 0 Å². The number of likely N-dealkylation sites (N-methyl/N-ethyl adjacent to an activating group) is 1. The van der Waals surface area contributed by atoms with E-state index in [4.69, 9.17) is 4.74 Å². The highest BCUT2D eigenvalue weighted by Crippen LogP contribution is 2.12. The van der Waals surface area contributed by atoms with Gasteiger partial charge in [-0.25, -0.2) is 0 Å². The lowest BCUT2D eigenvalue weighted by Crippen LogP contribution is -2.43. The van der Waals surface area contributed by atoms with Crippen LogP contribution in [0.4, 0.5) is 0 Å². The number of halogens is 1. The highest BCUT2D eigenvalue weighted by atomic mass is 127. The van der Waals surface area contributed by atoms with Gasteiger partial charge in [-0.2, -0.15) is 0 Å². The lowest BCUT2D eigenvalue weighted by atomic mass is 10.2. The molecule has 0 unspecified atom stereocenters. The normalized spacial score (nSPS) is 10.7. The number of ether oxygens (including phenoxy) is 1. The molecule has 1 heterocycles. The van der Waals surface area contributed by atoms with Gasteiger partial charge in [0.2, 0.25) is 0 Å². The van der Waals surface area contributed by atoms with Crippen LogP contribution < -0.4 is 15.4 Å². The largest absolute Gasteiger partial charge is 0.497 e. The Morgan fingerprint density at radius 3 is 2.67 bits per heavy atom. The van der Waals surface area contributed by atoms with E-state index in [9.17, 15) is 4.79 Å². The fourth-order valence-electron chi connectivity index (χ4n) is 2.44. The summed E-state index contributed by atoms with van der Waals surface area (Å²) >= 11 is 1.77. The molecule has 0 spiro atoms. The Morgan fingerprint density at radius 1 is 1.22 bits per heavy atom. The van der Waals surface area contributed by atoms with E-state index in [1.165, 1.54) is 4.88 Å². The Hall–Kier alpha value is -1.81. The molecule has 1 amide bonds. The fourth-order valence-corrected chi connectivity index (χ4v) is 3.14. The molecule has 2 aromatic rings. The first-order chi connectivity index (χ1) is 12.6. The smallest absolute Gasteiger partial charge is 0.251 e. The molecule has 0 saturated carbocycles. The number of hydrogen-bond acceptors (Lipinski definition) is 4. The molecule has 2 rings (SSSR count). The summed E-state index contributed by atoms with van der Waals surface area (Å²) in [4.78, 5) is 19.9. The van der Waals surface area contributed by atoms with Crippen molar-refractivity contribution in [3.8, 4) is 5.75 Å². The quantitative estimate of drug-likeness (QED) is 0.252. The molecule has 1 aromatic carbocycles. The second-order valence-electron chi connectivity index (χ2n) is 5.71. The number of nitrogens with one attached hydrogen (secondary N) is 2. The maximum Gasteiger partial charge on any atom is 0.251 e. The van der Waals surface area contributed by atoms with Crippen LogP contribution >= 0.6 is 35.3 Å². The molecule has 0 atom stereocenters. The summed E-state index contributed by atoms with van der Waals surface area (Å²) in [5.74, 6) is 1.37. The summed E-state index contributed by atoms with van der Waals surface area (Å²) in [5.41, 5.74) is 0.585. The number of rotatable bonds is 8. The molecule has 0 aliphatic carbocycles. The number of methoxy groups -OCH3 is 1. The molecule has 27 heavy (non-hydrogen) atoms. The number of carbonyl (C=O) groups excluding carboxylic acids is 1. The second-order valence-corrected chi connectivity index (χ2v) is 6.75. The van der Waals surface area contributed by atoms with Gasteiger partial charge < -0.3 is 20.3 Å². The van der Waals surface area contributed by atoms with Gasteiger partial charge in [-0.3, -0.25) is 9.79 Å². The number of amides is 1. The van der Waals surface area contributed by atoms with Gasteiger partial charge in [-0.15, -0.1) is 35.3 Å². The highest BCUT2D eigenvalue weighted by molar-refractivity contribution is 14.0. The van der Waals surface area contributed by atoms with Crippen molar-refractivity contribution in [1.29, 1.82) is 0 Å². The van der Waals surface area contributed by atoms with E-state index in [1.807, 2.05) is 13.1 Å². The zero-order valence-corrected chi connectivity index (χ0v) is 19.0. The lowest BCUT2D eigenvalue weighted by Gasteiger charge is -2.22. The third kappa shape index (κ3) is 7.76. The average molecular weight is 502 g/mol. The molecule has 148 valence electrons. The number of guanidine groups is 1. The van der Waals surface area contributed by atoms with E-state index in [-0.39, 0.29) is 29.9 Å². The zero-order valence-electron chi connectivity index (χ0n) is 15.9. The maximum atomic E-state index is 12.2. The first-order valence-electron chi connectivity index (χ1n) is 8.50. The highest BCUT2D eigenvalue weighted by Gasteiger charge is 2.08.